The topological polar surface area (TPSA) is 74.9 Å². The number of halogens is 2. The smallest absolute Gasteiger partial charge is 0.282 e. The van der Waals surface area contributed by atoms with Crippen molar-refractivity contribution in [2.75, 3.05) is 20.3 Å². The summed E-state index contributed by atoms with van der Waals surface area (Å²) < 4.78 is 20.5. The van der Waals surface area contributed by atoms with Crippen molar-refractivity contribution >= 4 is 49.0 Å². The summed E-state index contributed by atoms with van der Waals surface area (Å²) in [6.45, 7) is 15.6. The van der Waals surface area contributed by atoms with Gasteiger partial charge < -0.3 is 14.2 Å². The summed E-state index contributed by atoms with van der Waals surface area (Å²) in [4.78, 5) is 18.8. The van der Waals surface area contributed by atoms with E-state index in [4.69, 9.17) is 24.3 Å². The molecule has 0 amide bonds. The molecule has 0 unspecified atom stereocenters. The lowest BCUT2D eigenvalue weighted by molar-refractivity contribution is 0.190. The van der Waals surface area contributed by atoms with Gasteiger partial charge in [0.1, 0.15) is 5.75 Å². The van der Waals surface area contributed by atoms with Gasteiger partial charge in [0.15, 0.2) is 17.3 Å². The largest absolute Gasteiger partial charge is 0.494 e. The van der Waals surface area contributed by atoms with E-state index in [2.05, 4.69) is 72.5 Å². The predicted molar refractivity (Wildman–Crippen MR) is 178 cm³/mol. The Bertz CT molecular complexity index is 1710. The number of hydrogen-bond donors (Lipinski definition) is 0. The van der Waals surface area contributed by atoms with Crippen molar-refractivity contribution in [2.24, 2.45) is 10.5 Å². The maximum atomic E-state index is 13.9. The SMILES string of the molecule is CCOc1cc(C)c(-c2nc3ccccc3c(=O)n2N=Cc2cc(OC)c(OCC(C)(C)C)c(Br)c2Br)cc1C(C)C. The third kappa shape index (κ3) is 6.73. The Labute approximate surface area is 264 Å². The van der Waals surface area contributed by atoms with Crippen LogP contribution in [0, 0.1) is 12.3 Å². The molecule has 0 aliphatic heterocycles. The summed E-state index contributed by atoms with van der Waals surface area (Å²) in [7, 11) is 1.59. The first-order valence-electron chi connectivity index (χ1n) is 13.9. The van der Waals surface area contributed by atoms with Crippen molar-refractivity contribution in [3.8, 4) is 28.6 Å². The quantitative estimate of drug-likeness (QED) is 0.164. The van der Waals surface area contributed by atoms with Gasteiger partial charge in [-0.3, -0.25) is 4.79 Å². The van der Waals surface area contributed by atoms with Crippen LogP contribution in [0.1, 0.15) is 64.2 Å². The minimum Gasteiger partial charge on any atom is -0.494 e. The number of para-hydroxylation sites is 1. The van der Waals surface area contributed by atoms with Crippen molar-refractivity contribution in [2.45, 2.75) is 54.4 Å². The van der Waals surface area contributed by atoms with E-state index in [1.54, 1.807) is 19.4 Å². The molecule has 0 radical (unpaired) electrons. The fraction of sp³-hybridized carbons (Fsp3) is 0.364. The Kier molecular flexibility index (Phi) is 9.83. The lowest BCUT2D eigenvalue weighted by Crippen LogP contribution is -2.21. The molecule has 9 heteroatoms. The normalized spacial score (nSPS) is 12.0. The number of rotatable bonds is 9. The van der Waals surface area contributed by atoms with Crippen LogP contribution >= 0.6 is 31.9 Å². The number of methoxy groups -OCH3 is 1. The van der Waals surface area contributed by atoms with Crippen LogP contribution in [-0.2, 0) is 0 Å². The van der Waals surface area contributed by atoms with Gasteiger partial charge in [0.2, 0.25) is 0 Å². The third-order valence-corrected chi connectivity index (χ3v) is 8.75. The number of nitrogens with zero attached hydrogens (tertiary/aromatic N) is 3. The minimum absolute atomic E-state index is 0.0356. The first-order valence-corrected chi connectivity index (χ1v) is 15.5. The number of ether oxygens (including phenoxy) is 3. The molecule has 4 aromatic rings. The molecule has 0 saturated carbocycles. The van der Waals surface area contributed by atoms with Crippen molar-refractivity contribution < 1.29 is 14.2 Å². The first-order chi connectivity index (χ1) is 19.9. The molecule has 0 spiro atoms. The van der Waals surface area contributed by atoms with Gasteiger partial charge >= 0.3 is 0 Å². The fourth-order valence-electron chi connectivity index (χ4n) is 4.47. The van der Waals surface area contributed by atoms with Gasteiger partial charge in [0, 0.05) is 15.6 Å². The van der Waals surface area contributed by atoms with Crippen LogP contribution in [0.3, 0.4) is 0 Å². The molecule has 0 saturated heterocycles. The van der Waals surface area contributed by atoms with Crippen LogP contribution in [0.4, 0.5) is 0 Å². The summed E-state index contributed by atoms with van der Waals surface area (Å²) in [6, 6.07) is 13.2. The lowest BCUT2D eigenvalue weighted by Gasteiger charge is -2.21. The van der Waals surface area contributed by atoms with Gasteiger partial charge in [-0.05, 0) is 98.5 Å². The Balaban J connectivity index is 1.92. The van der Waals surface area contributed by atoms with E-state index in [0.29, 0.717) is 51.5 Å². The number of fused-ring (bicyclic) bond motifs is 1. The van der Waals surface area contributed by atoms with Crippen LogP contribution in [0.2, 0.25) is 0 Å². The molecule has 0 bridgehead atoms. The van der Waals surface area contributed by atoms with Crippen LogP contribution in [0.25, 0.3) is 22.3 Å². The van der Waals surface area contributed by atoms with Crippen LogP contribution < -0.4 is 19.8 Å². The molecule has 0 atom stereocenters. The second-order valence-electron chi connectivity index (χ2n) is 11.6. The highest BCUT2D eigenvalue weighted by Crippen LogP contribution is 2.43. The highest BCUT2D eigenvalue weighted by Gasteiger charge is 2.21. The Morgan fingerprint density at radius 2 is 1.76 bits per heavy atom. The predicted octanol–water partition coefficient (Wildman–Crippen LogP) is 8.73. The third-order valence-electron chi connectivity index (χ3n) is 6.61. The van der Waals surface area contributed by atoms with E-state index in [-0.39, 0.29) is 16.9 Å². The summed E-state index contributed by atoms with van der Waals surface area (Å²) in [5.74, 6) is 2.62. The first kappa shape index (κ1) is 31.8. The van der Waals surface area contributed by atoms with Crippen molar-refractivity contribution in [3.63, 3.8) is 0 Å². The van der Waals surface area contributed by atoms with Gasteiger partial charge in [0.05, 0.1) is 41.9 Å². The molecular formula is C33H37Br2N3O4. The van der Waals surface area contributed by atoms with Gasteiger partial charge in [-0.1, -0.05) is 46.8 Å². The highest BCUT2D eigenvalue weighted by atomic mass is 79.9. The molecular weight excluding hydrogens is 662 g/mol. The summed E-state index contributed by atoms with van der Waals surface area (Å²) in [6.07, 6.45) is 1.62. The molecule has 42 heavy (non-hydrogen) atoms. The number of hydrogen-bond acceptors (Lipinski definition) is 6. The van der Waals surface area contributed by atoms with Crippen molar-refractivity contribution in [1.29, 1.82) is 0 Å². The second kappa shape index (κ2) is 13.0. The van der Waals surface area contributed by atoms with Gasteiger partial charge in [-0.15, -0.1) is 0 Å². The fourth-order valence-corrected chi connectivity index (χ4v) is 5.40. The van der Waals surface area contributed by atoms with Crippen molar-refractivity contribution in [1.82, 2.24) is 9.66 Å². The van der Waals surface area contributed by atoms with Gasteiger partial charge in [-0.25, -0.2) is 4.98 Å². The van der Waals surface area contributed by atoms with Crippen LogP contribution in [0.5, 0.6) is 17.2 Å². The molecule has 1 aromatic heterocycles. The number of benzene rings is 3. The number of aromatic nitrogens is 2. The summed E-state index contributed by atoms with van der Waals surface area (Å²) in [5.41, 5.74) is 3.78. The lowest BCUT2D eigenvalue weighted by atomic mass is 9.96. The summed E-state index contributed by atoms with van der Waals surface area (Å²) in [5, 5.41) is 5.19. The van der Waals surface area contributed by atoms with Gasteiger partial charge in [-0.2, -0.15) is 9.78 Å². The zero-order chi connectivity index (χ0) is 30.8. The molecule has 4 rings (SSSR count). The van der Waals surface area contributed by atoms with Gasteiger partial charge in [0.25, 0.3) is 5.56 Å². The minimum atomic E-state index is -0.265. The van der Waals surface area contributed by atoms with E-state index in [1.165, 1.54) is 4.68 Å². The molecule has 0 aliphatic rings. The Morgan fingerprint density at radius 3 is 2.40 bits per heavy atom. The van der Waals surface area contributed by atoms with E-state index in [9.17, 15) is 4.79 Å². The maximum Gasteiger partial charge on any atom is 0.282 e. The monoisotopic (exact) mass is 697 g/mol. The molecule has 3 aromatic carbocycles. The zero-order valence-electron chi connectivity index (χ0n) is 25.3. The second-order valence-corrected chi connectivity index (χ2v) is 13.2. The van der Waals surface area contributed by atoms with E-state index in [0.717, 1.165) is 26.9 Å². The molecule has 222 valence electrons. The van der Waals surface area contributed by atoms with Crippen LogP contribution in [0.15, 0.2) is 61.3 Å². The van der Waals surface area contributed by atoms with E-state index < -0.39 is 0 Å². The number of aryl methyl sites for hydroxylation is 1. The Morgan fingerprint density at radius 1 is 1.05 bits per heavy atom. The molecule has 0 aliphatic carbocycles. The van der Waals surface area contributed by atoms with E-state index in [1.807, 2.05) is 44.2 Å². The average Bonchev–Trinajstić information content (AvgIpc) is 2.93. The van der Waals surface area contributed by atoms with E-state index >= 15 is 0 Å². The maximum absolute atomic E-state index is 13.9. The standard InChI is InChI=1S/C33H37Br2N3O4/c1-9-41-26-14-20(4)24(16-23(26)19(2)3)31-37-25-13-11-10-12-22(25)32(39)38(31)36-17-21-15-27(40-8)30(29(35)28(21)34)42-18-33(5,6)7/h10-17,19H,9,18H2,1-8H3. The zero-order valence-corrected chi connectivity index (χ0v) is 28.5. The summed E-state index contributed by atoms with van der Waals surface area (Å²) >= 11 is 7.34. The highest BCUT2D eigenvalue weighted by molar-refractivity contribution is 9.13. The Hall–Kier alpha value is -3.17. The average molecular weight is 699 g/mol. The molecule has 0 N–H and O–H groups in total. The molecule has 0 fully saturated rings. The van der Waals surface area contributed by atoms with Crippen molar-refractivity contribution in [3.05, 3.63) is 78.5 Å². The molecule has 7 nitrogen and oxygen atoms in total. The van der Waals surface area contributed by atoms with Crippen LogP contribution in [-0.4, -0.2) is 36.2 Å². The molecule has 1 heterocycles.